The highest BCUT2D eigenvalue weighted by Gasteiger charge is 2.30. The molecule has 1 aromatic carbocycles. The van der Waals surface area contributed by atoms with Gasteiger partial charge in [-0.05, 0) is 25.1 Å². The van der Waals surface area contributed by atoms with Crippen LogP contribution < -0.4 is 5.32 Å². The summed E-state index contributed by atoms with van der Waals surface area (Å²) in [6.45, 7) is 9.16. The molecule has 0 unspecified atom stereocenters. The first kappa shape index (κ1) is 25.1. The van der Waals surface area contributed by atoms with E-state index in [0.717, 1.165) is 27.8 Å². The molecule has 10 heteroatoms. The number of aryl methyl sites for hydroxylation is 2. The number of aliphatic hydroxyl groups is 2. The molecule has 1 fully saturated rings. The van der Waals surface area contributed by atoms with Gasteiger partial charge in [-0.25, -0.2) is 9.67 Å². The Morgan fingerprint density at radius 1 is 1.14 bits per heavy atom. The zero-order valence-corrected chi connectivity index (χ0v) is 21.8. The molecule has 5 rings (SSSR count). The van der Waals surface area contributed by atoms with Crippen molar-refractivity contribution in [2.24, 2.45) is 12.5 Å². The van der Waals surface area contributed by atoms with Gasteiger partial charge in [0.05, 0.1) is 17.9 Å². The minimum absolute atomic E-state index is 0.0938. The first-order valence-electron chi connectivity index (χ1n) is 12.4. The van der Waals surface area contributed by atoms with E-state index in [-0.39, 0.29) is 5.78 Å². The normalized spacial score (nSPS) is 18.6. The number of aromatic nitrogens is 5. The number of ketones is 1. The van der Waals surface area contributed by atoms with Gasteiger partial charge in [-0.3, -0.25) is 9.69 Å². The van der Waals surface area contributed by atoms with Crippen LogP contribution in [0.15, 0.2) is 42.9 Å². The van der Waals surface area contributed by atoms with Crippen molar-refractivity contribution >= 4 is 28.3 Å². The number of anilines is 2. The summed E-state index contributed by atoms with van der Waals surface area (Å²) in [7, 11) is 1.94. The van der Waals surface area contributed by atoms with Crippen LogP contribution in [0.2, 0.25) is 0 Å². The van der Waals surface area contributed by atoms with Gasteiger partial charge in [-0.2, -0.15) is 10.1 Å². The zero-order chi connectivity index (χ0) is 26.5. The minimum atomic E-state index is -0.719. The average molecular weight is 504 g/mol. The molecule has 0 amide bonds. The van der Waals surface area contributed by atoms with E-state index in [1.807, 2.05) is 74.8 Å². The fraction of sp³-hybridized carbons (Fsp3) is 0.407. The van der Waals surface area contributed by atoms with Gasteiger partial charge < -0.3 is 20.1 Å². The Morgan fingerprint density at radius 2 is 1.86 bits per heavy atom. The number of aliphatic hydroxyl groups excluding tert-OH is 2. The van der Waals surface area contributed by atoms with Crippen molar-refractivity contribution in [3.05, 3.63) is 59.7 Å². The largest absolute Gasteiger partial charge is 0.389 e. The number of Topliss-reactive ketones (excluding diaryl/α,β-unsaturated/α-hetero) is 1. The maximum atomic E-state index is 13.0. The maximum Gasteiger partial charge on any atom is 0.229 e. The Morgan fingerprint density at radius 3 is 2.57 bits per heavy atom. The number of likely N-dealkylation sites (tertiary alicyclic amines) is 1. The molecule has 4 aromatic rings. The van der Waals surface area contributed by atoms with Crippen molar-refractivity contribution in [2.75, 3.05) is 18.4 Å². The third-order valence-electron chi connectivity index (χ3n) is 6.78. The molecule has 37 heavy (non-hydrogen) atoms. The third kappa shape index (κ3) is 5.00. The average Bonchev–Trinajstić information content (AvgIpc) is 3.47. The van der Waals surface area contributed by atoms with Crippen LogP contribution in [0.4, 0.5) is 11.6 Å². The molecule has 0 aliphatic carbocycles. The number of rotatable bonds is 6. The van der Waals surface area contributed by atoms with Crippen LogP contribution in [0.1, 0.15) is 42.4 Å². The van der Waals surface area contributed by atoms with Gasteiger partial charge in [0, 0.05) is 84.5 Å². The van der Waals surface area contributed by atoms with Crippen LogP contribution in [0.3, 0.4) is 0 Å². The van der Waals surface area contributed by atoms with Gasteiger partial charge in [0.25, 0.3) is 0 Å². The lowest BCUT2D eigenvalue weighted by atomic mass is 9.86. The van der Waals surface area contributed by atoms with E-state index in [1.54, 1.807) is 16.9 Å². The molecule has 2 atom stereocenters. The Kier molecular flexibility index (Phi) is 6.35. The molecule has 0 spiro atoms. The molecule has 10 nitrogen and oxygen atoms in total. The highest BCUT2D eigenvalue weighted by molar-refractivity contribution is 6.11. The van der Waals surface area contributed by atoms with E-state index in [2.05, 4.69) is 20.4 Å². The van der Waals surface area contributed by atoms with E-state index >= 15 is 0 Å². The molecule has 4 heterocycles. The van der Waals surface area contributed by atoms with E-state index < -0.39 is 17.6 Å². The second kappa shape index (κ2) is 9.37. The summed E-state index contributed by atoms with van der Waals surface area (Å²) >= 11 is 0. The molecule has 3 aromatic heterocycles. The molecule has 194 valence electrons. The quantitative estimate of drug-likeness (QED) is 0.344. The number of β-amino-alcohol motifs (C(OH)–C–C–N with tert-alkyl or cyclic N) is 2. The summed E-state index contributed by atoms with van der Waals surface area (Å²) in [4.78, 5) is 24.1. The van der Waals surface area contributed by atoms with Crippen molar-refractivity contribution in [1.82, 2.24) is 29.2 Å². The molecular weight excluding hydrogens is 470 g/mol. The van der Waals surface area contributed by atoms with Gasteiger partial charge in [-0.1, -0.05) is 20.8 Å². The summed E-state index contributed by atoms with van der Waals surface area (Å²) in [6, 6.07) is 7.67. The summed E-state index contributed by atoms with van der Waals surface area (Å²) in [5.74, 6) is 1.12. The topological polar surface area (TPSA) is 121 Å². The van der Waals surface area contributed by atoms with Crippen molar-refractivity contribution in [3.63, 3.8) is 0 Å². The number of nitrogens with zero attached hydrogens (tertiary/aromatic N) is 6. The highest BCUT2D eigenvalue weighted by Crippen LogP contribution is 2.30. The molecule has 0 bridgehead atoms. The van der Waals surface area contributed by atoms with E-state index in [9.17, 15) is 15.0 Å². The minimum Gasteiger partial charge on any atom is -0.389 e. The lowest BCUT2D eigenvalue weighted by Gasteiger charge is -2.16. The molecule has 1 saturated heterocycles. The standard InChI is InChI=1S/C27H33N7O3/c1-16-17(11-33-14-22(35)23(36)15-33)12-34(31-16)24-8-9-28-26(30-24)29-18-6-7-21-19(10-18)20(13-32(21)5)25(37)27(2,3)4/h6-10,12-13,22-23,35-36H,11,14-15H2,1-5H3,(H,28,29,30)/t22-,23-/m0/s1. The van der Waals surface area contributed by atoms with Crippen LogP contribution in [-0.2, 0) is 13.6 Å². The van der Waals surface area contributed by atoms with Crippen molar-refractivity contribution in [3.8, 4) is 5.82 Å². The predicted octanol–water partition coefficient (Wildman–Crippen LogP) is 2.97. The molecule has 3 N–H and O–H groups in total. The number of benzene rings is 1. The van der Waals surface area contributed by atoms with Crippen molar-refractivity contribution in [2.45, 2.75) is 46.4 Å². The number of carbonyl (C=O) groups is 1. The second-order valence-corrected chi connectivity index (χ2v) is 10.8. The van der Waals surface area contributed by atoms with Crippen LogP contribution in [-0.4, -0.2) is 70.5 Å². The SMILES string of the molecule is Cc1nn(-c2ccnc(Nc3ccc4c(c3)c(C(=O)C(C)(C)C)cn4C)n2)cc1CN1C[C@H](O)[C@@H](O)C1. The fourth-order valence-electron chi connectivity index (χ4n) is 4.71. The molecule has 1 aliphatic rings. The number of hydrogen-bond acceptors (Lipinski definition) is 8. The fourth-order valence-corrected chi connectivity index (χ4v) is 4.71. The maximum absolute atomic E-state index is 13.0. The number of carbonyl (C=O) groups excluding carboxylic acids is 1. The first-order valence-corrected chi connectivity index (χ1v) is 12.4. The van der Waals surface area contributed by atoms with Gasteiger partial charge in [0.2, 0.25) is 5.95 Å². The molecule has 1 aliphatic heterocycles. The molecule has 0 saturated carbocycles. The molecular formula is C27H33N7O3. The van der Waals surface area contributed by atoms with Crippen molar-refractivity contribution in [1.29, 1.82) is 0 Å². The monoisotopic (exact) mass is 503 g/mol. The Labute approximate surface area is 215 Å². The molecule has 0 radical (unpaired) electrons. The van der Waals surface area contributed by atoms with Gasteiger partial charge in [0.1, 0.15) is 0 Å². The summed E-state index contributed by atoms with van der Waals surface area (Å²) in [5, 5.41) is 28.4. The van der Waals surface area contributed by atoms with E-state index in [0.29, 0.717) is 37.0 Å². The summed E-state index contributed by atoms with van der Waals surface area (Å²) < 4.78 is 3.68. The van der Waals surface area contributed by atoms with Crippen LogP contribution in [0.5, 0.6) is 0 Å². The van der Waals surface area contributed by atoms with E-state index in [4.69, 9.17) is 0 Å². The second-order valence-electron chi connectivity index (χ2n) is 10.8. The lowest BCUT2D eigenvalue weighted by Crippen LogP contribution is -2.22. The third-order valence-corrected chi connectivity index (χ3v) is 6.78. The van der Waals surface area contributed by atoms with Crippen LogP contribution in [0.25, 0.3) is 16.7 Å². The smallest absolute Gasteiger partial charge is 0.229 e. The predicted molar refractivity (Wildman–Crippen MR) is 141 cm³/mol. The van der Waals surface area contributed by atoms with Gasteiger partial charge in [-0.15, -0.1) is 0 Å². The number of hydrogen-bond donors (Lipinski definition) is 3. The lowest BCUT2D eigenvalue weighted by molar-refractivity contribution is 0.0572. The van der Waals surface area contributed by atoms with E-state index in [1.165, 1.54) is 0 Å². The summed E-state index contributed by atoms with van der Waals surface area (Å²) in [6.07, 6.45) is 4.04. The number of fused-ring (bicyclic) bond motifs is 1. The Balaban J connectivity index is 1.38. The Hall–Kier alpha value is -3.60. The number of nitrogens with one attached hydrogen (secondary N) is 1. The first-order chi connectivity index (χ1) is 17.5. The highest BCUT2D eigenvalue weighted by atomic mass is 16.3. The summed E-state index contributed by atoms with van der Waals surface area (Å²) in [5.41, 5.74) is 3.83. The van der Waals surface area contributed by atoms with Gasteiger partial charge in [0.15, 0.2) is 11.6 Å². The van der Waals surface area contributed by atoms with Gasteiger partial charge >= 0.3 is 0 Å². The zero-order valence-electron chi connectivity index (χ0n) is 21.8. The Bertz CT molecular complexity index is 1460. The van der Waals surface area contributed by atoms with Crippen molar-refractivity contribution < 1.29 is 15.0 Å². The van der Waals surface area contributed by atoms with Crippen LogP contribution in [0, 0.1) is 12.3 Å². The van der Waals surface area contributed by atoms with Crippen LogP contribution >= 0.6 is 0 Å².